The van der Waals surface area contributed by atoms with E-state index in [0.717, 1.165) is 18.9 Å². The highest BCUT2D eigenvalue weighted by Crippen LogP contribution is 2.41. The molecule has 0 heterocycles. The Hall–Kier alpha value is -1.19. The van der Waals surface area contributed by atoms with Crippen LogP contribution in [0.3, 0.4) is 0 Å². The molecule has 0 aliphatic heterocycles. The number of alkyl halides is 3. The average Bonchev–Trinajstić information content (AvgIpc) is 2.99. The second-order valence-electron chi connectivity index (χ2n) is 4.69. The summed E-state index contributed by atoms with van der Waals surface area (Å²) in [5.41, 5.74) is -0.308. The van der Waals surface area contributed by atoms with Gasteiger partial charge >= 0.3 is 6.18 Å². The topological polar surface area (TPSA) is 9.23 Å². The Balaban J connectivity index is 2.44. The van der Waals surface area contributed by atoms with Crippen LogP contribution in [0.2, 0.25) is 0 Å². The van der Waals surface area contributed by atoms with Gasteiger partial charge in [0, 0.05) is 5.56 Å². The lowest BCUT2D eigenvalue weighted by Gasteiger charge is -2.19. The second-order valence-corrected chi connectivity index (χ2v) is 4.69. The Morgan fingerprint density at radius 3 is 2.35 bits per heavy atom. The monoisotopic (exact) mass is 244 g/mol. The Morgan fingerprint density at radius 1 is 1.24 bits per heavy atom. The Bertz CT molecular complexity index is 406. The third-order valence-electron chi connectivity index (χ3n) is 2.77. The van der Waals surface area contributed by atoms with Crippen molar-refractivity contribution in [3.05, 3.63) is 29.3 Å². The third-order valence-corrected chi connectivity index (χ3v) is 2.77. The van der Waals surface area contributed by atoms with Gasteiger partial charge in [0.1, 0.15) is 5.75 Å². The number of hydrogen-bond donors (Lipinski definition) is 0. The van der Waals surface area contributed by atoms with Gasteiger partial charge in [-0.15, -0.1) is 0 Å². The molecule has 0 spiro atoms. The van der Waals surface area contributed by atoms with Crippen LogP contribution in [0.25, 0.3) is 0 Å². The lowest BCUT2D eigenvalue weighted by atomic mass is 9.95. The molecular formula is C13H15F3O. The standard InChI is InChI=1S/C13H15F3O/c1-8(2)12-10(13(14,15)16)4-3-5-11(12)17-9-6-7-9/h3-5,8-9H,6-7H2,1-2H3. The highest BCUT2D eigenvalue weighted by molar-refractivity contribution is 5.44. The maximum atomic E-state index is 12.9. The molecule has 0 N–H and O–H groups in total. The van der Waals surface area contributed by atoms with Crippen LogP contribution >= 0.6 is 0 Å². The minimum Gasteiger partial charge on any atom is -0.490 e. The van der Waals surface area contributed by atoms with Gasteiger partial charge in [0.25, 0.3) is 0 Å². The maximum absolute atomic E-state index is 12.9. The number of rotatable bonds is 3. The summed E-state index contributed by atoms with van der Waals surface area (Å²) in [6.07, 6.45) is -2.33. The molecule has 0 saturated heterocycles. The molecule has 0 bridgehead atoms. The first kappa shape index (κ1) is 12.3. The molecule has 0 amide bonds. The van der Waals surface area contributed by atoms with Crippen LogP contribution in [-0.4, -0.2) is 6.10 Å². The first-order chi connectivity index (χ1) is 7.89. The summed E-state index contributed by atoms with van der Waals surface area (Å²) in [4.78, 5) is 0. The molecule has 17 heavy (non-hydrogen) atoms. The van der Waals surface area contributed by atoms with Crippen molar-refractivity contribution in [1.29, 1.82) is 0 Å². The summed E-state index contributed by atoms with van der Waals surface area (Å²) >= 11 is 0. The quantitative estimate of drug-likeness (QED) is 0.767. The molecule has 1 aromatic rings. The zero-order valence-electron chi connectivity index (χ0n) is 9.84. The fraction of sp³-hybridized carbons (Fsp3) is 0.538. The smallest absolute Gasteiger partial charge is 0.416 e. The number of halogens is 3. The van der Waals surface area contributed by atoms with Crippen LogP contribution in [0.5, 0.6) is 5.75 Å². The van der Waals surface area contributed by atoms with Crippen molar-refractivity contribution in [1.82, 2.24) is 0 Å². The zero-order chi connectivity index (χ0) is 12.6. The molecule has 0 atom stereocenters. The first-order valence-corrected chi connectivity index (χ1v) is 5.76. The van der Waals surface area contributed by atoms with Gasteiger partial charge in [0.05, 0.1) is 11.7 Å². The Morgan fingerprint density at radius 2 is 1.88 bits per heavy atom. The summed E-state index contributed by atoms with van der Waals surface area (Å²) in [5, 5.41) is 0. The van der Waals surface area contributed by atoms with E-state index in [-0.39, 0.29) is 17.6 Å². The van der Waals surface area contributed by atoms with E-state index < -0.39 is 11.7 Å². The molecule has 4 heteroatoms. The van der Waals surface area contributed by atoms with E-state index in [0.29, 0.717) is 5.75 Å². The van der Waals surface area contributed by atoms with Crippen molar-refractivity contribution < 1.29 is 17.9 Å². The lowest BCUT2D eigenvalue weighted by molar-refractivity contribution is -0.138. The minimum absolute atomic E-state index is 0.107. The summed E-state index contributed by atoms with van der Waals surface area (Å²) in [6.45, 7) is 3.51. The average molecular weight is 244 g/mol. The van der Waals surface area contributed by atoms with Gasteiger partial charge in [-0.25, -0.2) is 0 Å². The molecule has 0 aromatic heterocycles. The number of ether oxygens (including phenoxy) is 1. The molecule has 0 unspecified atom stereocenters. The van der Waals surface area contributed by atoms with Crippen molar-refractivity contribution >= 4 is 0 Å². The molecule has 1 nitrogen and oxygen atoms in total. The van der Waals surface area contributed by atoms with Crippen LogP contribution in [0, 0.1) is 0 Å². The zero-order valence-corrected chi connectivity index (χ0v) is 9.84. The molecule has 1 aromatic carbocycles. The molecule has 94 valence electrons. The van der Waals surface area contributed by atoms with E-state index >= 15 is 0 Å². The largest absolute Gasteiger partial charge is 0.490 e. The Labute approximate surface area is 98.6 Å². The molecule has 1 fully saturated rings. The van der Waals surface area contributed by atoms with Gasteiger partial charge in [-0.1, -0.05) is 19.9 Å². The molecule has 1 saturated carbocycles. The van der Waals surface area contributed by atoms with E-state index in [1.54, 1.807) is 19.9 Å². The van der Waals surface area contributed by atoms with Crippen LogP contribution in [-0.2, 0) is 6.18 Å². The number of hydrogen-bond acceptors (Lipinski definition) is 1. The molecule has 0 radical (unpaired) electrons. The van der Waals surface area contributed by atoms with Gasteiger partial charge in [-0.3, -0.25) is 0 Å². The van der Waals surface area contributed by atoms with E-state index in [2.05, 4.69) is 0 Å². The van der Waals surface area contributed by atoms with Crippen molar-refractivity contribution in [2.45, 2.75) is 44.9 Å². The van der Waals surface area contributed by atoms with E-state index in [1.807, 2.05) is 0 Å². The third kappa shape index (κ3) is 2.73. The van der Waals surface area contributed by atoms with Gasteiger partial charge in [-0.05, 0) is 30.9 Å². The van der Waals surface area contributed by atoms with E-state index in [9.17, 15) is 13.2 Å². The van der Waals surface area contributed by atoms with Crippen LogP contribution < -0.4 is 4.74 Å². The maximum Gasteiger partial charge on any atom is 0.416 e. The minimum atomic E-state index is -4.32. The van der Waals surface area contributed by atoms with Gasteiger partial charge in [0.2, 0.25) is 0 Å². The highest BCUT2D eigenvalue weighted by Gasteiger charge is 2.36. The van der Waals surface area contributed by atoms with E-state index in [1.165, 1.54) is 6.07 Å². The highest BCUT2D eigenvalue weighted by atomic mass is 19.4. The van der Waals surface area contributed by atoms with Crippen LogP contribution in [0.1, 0.15) is 43.7 Å². The van der Waals surface area contributed by atoms with Crippen molar-refractivity contribution in [3.63, 3.8) is 0 Å². The summed E-state index contributed by atoms with van der Waals surface area (Å²) in [6, 6.07) is 4.16. The second kappa shape index (κ2) is 4.24. The van der Waals surface area contributed by atoms with Crippen LogP contribution in [0.15, 0.2) is 18.2 Å². The fourth-order valence-corrected chi connectivity index (χ4v) is 1.85. The normalized spacial score (nSPS) is 16.4. The molecular weight excluding hydrogens is 229 g/mol. The molecule has 1 aliphatic rings. The SMILES string of the molecule is CC(C)c1c(OC2CC2)cccc1C(F)(F)F. The molecule has 1 aliphatic carbocycles. The predicted octanol–water partition coefficient (Wildman–Crippen LogP) is 4.37. The van der Waals surface area contributed by atoms with Gasteiger partial charge < -0.3 is 4.74 Å². The van der Waals surface area contributed by atoms with Crippen LogP contribution in [0.4, 0.5) is 13.2 Å². The fourth-order valence-electron chi connectivity index (χ4n) is 1.85. The first-order valence-electron chi connectivity index (χ1n) is 5.76. The molecule has 2 rings (SSSR count). The van der Waals surface area contributed by atoms with Crippen molar-refractivity contribution in [3.8, 4) is 5.75 Å². The Kier molecular flexibility index (Phi) is 3.06. The predicted molar refractivity (Wildman–Crippen MR) is 59.2 cm³/mol. The summed E-state index contributed by atoms with van der Waals surface area (Å²) in [5.74, 6) is 0.180. The van der Waals surface area contributed by atoms with Crippen molar-refractivity contribution in [2.75, 3.05) is 0 Å². The van der Waals surface area contributed by atoms with E-state index in [4.69, 9.17) is 4.74 Å². The van der Waals surface area contributed by atoms with Crippen molar-refractivity contribution in [2.24, 2.45) is 0 Å². The van der Waals surface area contributed by atoms with Gasteiger partial charge in [-0.2, -0.15) is 13.2 Å². The summed E-state index contributed by atoms with van der Waals surface area (Å²) < 4.78 is 44.2. The number of benzene rings is 1. The summed E-state index contributed by atoms with van der Waals surface area (Å²) in [7, 11) is 0. The van der Waals surface area contributed by atoms with Gasteiger partial charge in [0.15, 0.2) is 0 Å². The lowest BCUT2D eigenvalue weighted by Crippen LogP contribution is -2.12.